The molecule has 1 aliphatic rings. The molecule has 5 nitrogen and oxygen atoms in total. The Bertz CT molecular complexity index is 542. The van der Waals surface area contributed by atoms with Crippen LogP contribution in [0.25, 0.3) is 0 Å². The first kappa shape index (κ1) is 16.5. The first-order chi connectivity index (χ1) is 10.5. The van der Waals surface area contributed by atoms with Crippen molar-refractivity contribution in [1.82, 2.24) is 10.2 Å². The van der Waals surface area contributed by atoms with Gasteiger partial charge in [-0.25, -0.2) is 0 Å². The van der Waals surface area contributed by atoms with Crippen LogP contribution in [0.2, 0.25) is 0 Å². The van der Waals surface area contributed by atoms with Crippen LogP contribution < -0.4 is 5.32 Å². The van der Waals surface area contributed by atoms with E-state index in [2.05, 4.69) is 5.32 Å². The van der Waals surface area contributed by atoms with Crippen molar-refractivity contribution in [3.8, 4) is 0 Å². The third-order valence-electron chi connectivity index (χ3n) is 3.99. The molecule has 0 unspecified atom stereocenters. The average Bonchev–Trinajstić information content (AvgIpc) is 2.91. The third kappa shape index (κ3) is 4.31. The largest absolute Gasteiger partial charge is 0.393 e. The normalized spacial score (nSPS) is 19.0. The maximum atomic E-state index is 12.3. The zero-order valence-electron chi connectivity index (χ0n) is 13.2. The van der Waals surface area contributed by atoms with Crippen molar-refractivity contribution in [3.05, 3.63) is 35.4 Å². The maximum Gasteiger partial charge on any atom is 0.251 e. The first-order valence-corrected chi connectivity index (χ1v) is 7.80. The molecule has 2 N–H and O–H groups in total. The number of amides is 2. The highest BCUT2D eigenvalue weighted by Gasteiger charge is 2.29. The van der Waals surface area contributed by atoms with Gasteiger partial charge in [-0.05, 0) is 45.2 Å². The van der Waals surface area contributed by atoms with Crippen molar-refractivity contribution in [1.29, 1.82) is 0 Å². The highest BCUT2D eigenvalue weighted by molar-refractivity contribution is 5.96. The Morgan fingerprint density at radius 3 is 2.91 bits per heavy atom. The summed E-state index contributed by atoms with van der Waals surface area (Å²) < 4.78 is 0. The van der Waals surface area contributed by atoms with Gasteiger partial charge in [0.05, 0.1) is 12.6 Å². The summed E-state index contributed by atoms with van der Waals surface area (Å²) >= 11 is 0. The summed E-state index contributed by atoms with van der Waals surface area (Å²) in [5.74, 6) is -0.313. The zero-order chi connectivity index (χ0) is 16.1. The summed E-state index contributed by atoms with van der Waals surface area (Å²) in [5.41, 5.74) is 1.57. The minimum Gasteiger partial charge on any atom is -0.393 e. The smallest absolute Gasteiger partial charge is 0.251 e. The topological polar surface area (TPSA) is 69.6 Å². The lowest BCUT2D eigenvalue weighted by Gasteiger charge is -2.25. The van der Waals surface area contributed by atoms with E-state index >= 15 is 0 Å². The molecule has 5 heteroatoms. The SMILES string of the molecule is Cc1cccc(C(=O)NCC(=O)N2CCC[C@H]2C[C@@H](C)O)c1. The summed E-state index contributed by atoms with van der Waals surface area (Å²) in [6.45, 7) is 4.37. The molecule has 0 radical (unpaired) electrons. The van der Waals surface area contributed by atoms with Crippen LogP contribution in [-0.2, 0) is 4.79 Å². The molecule has 22 heavy (non-hydrogen) atoms. The number of hydrogen-bond donors (Lipinski definition) is 2. The van der Waals surface area contributed by atoms with Crippen LogP contribution in [0.5, 0.6) is 0 Å². The second-order valence-electron chi connectivity index (χ2n) is 6.02. The fourth-order valence-electron chi connectivity index (χ4n) is 2.95. The molecule has 0 saturated carbocycles. The van der Waals surface area contributed by atoms with Crippen molar-refractivity contribution in [3.63, 3.8) is 0 Å². The lowest BCUT2D eigenvalue weighted by molar-refractivity contribution is -0.131. The molecule has 0 aromatic heterocycles. The quantitative estimate of drug-likeness (QED) is 0.866. The van der Waals surface area contributed by atoms with E-state index < -0.39 is 6.10 Å². The number of rotatable bonds is 5. The lowest BCUT2D eigenvalue weighted by Crippen LogP contribution is -2.43. The van der Waals surface area contributed by atoms with Gasteiger partial charge >= 0.3 is 0 Å². The molecule has 1 heterocycles. The van der Waals surface area contributed by atoms with Crippen molar-refractivity contribution >= 4 is 11.8 Å². The number of nitrogens with zero attached hydrogens (tertiary/aromatic N) is 1. The van der Waals surface area contributed by atoms with Crippen LogP contribution in [0, 0.1) is 6.92 Å². The number of aryl methyl sites for hydroxylation is 1. The average molecular weight is 304 g/mol. The van der Waals surface area contributed by atoms with E-state index in [0.29, 0.717) is 18.5 Å². The molecule has 1 fully saturated rings. The fourth-order valence-corrected chi connectivity index (χ4v) is 2.95. The number of nitrogens with one attached hydrogen (secondary N) is 1. The maximum absolute atomic E-state index is 12.3. The number of carbonyl (C=O) groups is 2. The van der Waals surface area contributed by atoms with Crippen molar-refractivity contribution < 1.29 is 14.7 Å². The van der Waals surface area contributed by atoms with E-state index in [0.717, 1.165) is 18.4 Å². The van der Waals surface area contributed by atoms with Crippen LogP contribution >= 0.6 is 0 Å². The van der Waals surface area contributed by atoms with Crippen molar-refractivity contribution in [2.75, 3.05) is 13.1 Å². The molecule has 2 amide bonds. The molecular weight excluding hydrogens is 280 g/mol. The molecule has 0 bridgehead atoms. The molecule has 1 aliphatic heterocycles. The van der Waals surface area contributed by atoms with E-state index in [4.69, 9.17) is 0 Å². The molecule has 0 aliphatic carbocycles. The molecule has 0 spiro atoms. The molecule has 2 atom stereocenters. The molecular formula is C17H24N2O3. The van der Waals surface area contributed by atoms with Crippen LogP contribution in [0.3, 0.4) is 0 Å². The Morgan fingerprint density at radius 1 is 1.45 bits per heavy atom. The van der Waals surface area contributed by atoms with Gasteiger partial charge < -0.3 is 15.3 Å². The number of hydrogen-bond acceptors (Lipinski definition) is 3. The number of carbonyl (C=O) groups excluding carboxylic acids is 2. The van der Waals surface area contributed by atoms with E-state index in [1.165, 1.54) is 0 Å². The minimum absolute atomic E-state index is 0.00306. The van der Waals surface area contributed by atoms with Gasteiger partial charge in [0.15, 0.2) is 0 Å². The number of likely N-dealkylation sites (tertiary alicyclic amines) is 1. The van der Waals surface area contributed by atoms with Crippen LogP contribution in [0.1, 0.15) is 42.1 Å². The van der Waals surface area contributed by atoms with Gasteiger partial charge in [-0.15, -0.1) is 0 Å². The monoisotopic (exact) mass is 304 g/mol. The third-order valence-corrected chi connectivity index (χ3v) is 3.99. The molecule has 1 aromatic rings. The van der Waals surface area contributed by atoms with Gasteiger partial charge in [0.25, 0.3) is 5.91 Å². The Kier molecular flexibility index (Phi) is 5.55. The predicted molar refractivity (Wildman–Crippen MR) is 84.5 cm³/mol. The summed E-state index contributed by atoms with van der Waals surface area (Å²) in [7, 11) is 0. The second-order valence-corrected chi connectivity index (χ2v) is 6.02. The molecule has 2 rings (SSSR count). The van der Waals surface area contributed by atoms with Crippen molar-refractivity contribution in [2.45, 2.75) is 45.3 Å². The van der Waals surface area contributed by atoms with E-state index in [1.54, 1.807) is 24.0 Å². The number of aliphatic hydroxyl groups excluding tert-OH is 1. The molecule has 1 aromatic carbocycles. The highest BCUT2D eigenvalue weighted by Crippen LogP contribution is 2.21. The van der Waals surface area contributed by atoms with Gasteiger partial charge in [0, 0.05) is 18.2 Å². The Balaban J connectivity index is 1.88. The summed E-state index contributed by atoms with van der Waals surface area (Å²) in [5, 5.41) is 12.2. The molecule has 120 valence electrons. The predicted octanol–water partition coefficient (Wildman–Crippen LogP) is 1.49. The van der Waals surface area contributed by atoms with Crippen LogP contribution in [0.4, 0.5) is 0 Å². The van der Waals surface area contributed by atoms with Gasteiger partial charge in [0.1, 0.15) is 0 Å². The van der Waals surface area contributed by atoms with E-state index in [-0.39, 0.29) is 24.4 Å². The minimum atomic E-state index is -0.416. The number of aliphatic hydroxyl groups is 1. The Morgan fingerprint density at radius 2 is 2.23 bits per heavy atom. The van der Waals surface area contributed by atoms with Gasteiger partial charge in [0.2, 0.25) is 5.91 Å². The summed E-state index contributed by atoms with van der Waals surface area (Å²) in [6, 6.07) is 7.37. The summed E-state index contributed by atoms with van der Waals surface area (Å²) in [4.78, 5) is 26.1. The molecule has 1 saturated heterocycles. The first-order valence-electron chi connectivity index (χ1n) is 7.80. The second kappa shape index (κ2) is 7.40. The standard InChI is InChI=1S/C17H24N2O3/c1-12-5-3-6-14(9-12)17(22)18-11-16(21)19-8-4-7-15(19)10-13(2)20/h3,5-6,9,13,15,20H,4,7-8,10-11H2,1-2H3,(H,18,22)/t13-,15+/m1/s1. The zero-order valence-corrected chi connectivity index (χ0v) is 13.2. The summed E-state index contributed by atoms with van der Waals surface area (Å²) in [6.07, 6.45) is 2.05. The van der Waals surface area contributed by atoms with Gasteiger partial charge in [-0.1, -0.05) is 17.7 Å². The van der Waals surface area contributed by atoms with Gasteiger partial charge in [-0.3, -0.25) is 9.59 Å². The lowest BCUT2D eigenvalue weighted by atomic mass is 10.1. The van der Waals surface area contributed by atoms with Gasteiger partial charge in [-0.2, -0.15) is 0 Å². The fraction of sp³-hybridized carbons (Fsp3) is 0.529. The van der Waals surface area contributed by atoms with Crippen LogP contribution in [0.15, 0.2) is 24.3 Å². The van der Waals surface area contributed by atoms with Crippen LogP contribution in [-0.4, -0.2) is 47.1 Å². The van der Waals surface area contributed by atoms with Crippen molar-refractivity contribution in [2.24, 2.45) is 0 Å². The Hall–Kier alpha value is -1.88. The van der Waals surface area contributed by atoms with E-state index in [9.17, 15) is 14.7 Å². The van der Waals surface area contributed by atoms with E-state index in [1.807, 2.05) is 19.1 Å². The Labute approximate surface area is 131 Å². The number of benzene rings is 1. The highest BCUT2D eigenvalue weighted by atomic mass is 16.3.